The first kappa shape index (κ1) is 18.5. The summed E-state index contributed by atoms with van der Waals surface area (Å²) in [5.74, 6) is 0.707. The highest BCUT2D eigenvalue weighted by Crippen LogP contribution is 2.19. The first-order valence-corrected chi connectivity index (χ1v) is 8.88. The maximum absolute atomic E-state index is 12.5. The molecule has 0 aliphatic carbocycles. The van der Waals surface area contributed by atoms with Gasteiger partial charge in [0.25, 0.3) is 5.91 Å². The zero-order valence-corrected chi connectivity index (χ0v) is 14.9. The van der Waals surface area contributed by atoms with Crippen molar-refractivity contribution in [1.82, 2.24) is 4.90 Å². The van der Waals surface area contributed by atoms with E-state index in [1.807, 2.05) is 18.7 Å². The number of anilines is 1. The second kappa shape index (κ2) is 8.29. The summed E-state index contributed by atoms with van der Waals surface area (Å²) in [4.78, 5) is 26.5. The van der Waals surface area contributed by atoms with Crippen LogP contribution < -0.4 is 11.1 Å². The summed E-state index contributed by atoms with van der Waals surface area (Å²) in [6.45, 7) is 7.85. The number of rotatable bonds is 5. The largest absolute Gasteiger partial charge is 0.339 e. The Bertz CT molecular complexity index is 562. The van der Waals surface area contributed by atoms with Crippen molar-refractivity contribution in [2.24, 2.45) is 17.6 Å². The SMILES string of the molecule is CCC(C)C(N)C(=O)Nc1ccc(C(=O)N2CCC(C)CC2)cc1. The smallest absolute Gasteiger partial charge is 0.253 e. The Morgan fingerprint density at radius 3 is 2.38 bits per heavy atom. The van der Waals surface area contributed by atoms with Gasteiger partial charge in [-0.1, -0.05) is 27.2 Å². The molecule has 1 saturated heterocycles. The number of hydrogen-bond acceptors (Lipinski definition) is 3. The fourth-order valence-electron chi connectivity index (χ4n) is 2.83. The highest BCUT2D eigenvalue weighted by molar-refractivity contribution is 5.97. The van der Waals surface area contributed by atoms with Crippen LogP contribution in [-0.4, -0.2) is 35.8 Å². The molecule has 1 heterocycles. The van der Waals surface area contributed by atoms with Gasteiger partial charge in [0.1, 0.15) is 0 Å². The van der Waals surface area contributed by atoms with E-state index >= 15 is 0 Å². The molecule has 0 spiro atoms. The van der Waals surface area contributed by atoms with Gasteiger partial charge < -0.3 is 16.0 Å². The van der Waals surface area contributed by atoms with Crippen LogP contribution in [0, 0.1) is 11.8 Å². The van der Waals surface area contributed by atoms with Gasteiger partial charge in [0, 0.05) is 24.3 Å². The molecule has 5 nitrogen and oxygen atoms in total. The number of nitrogens with two attached hydrogens (primary N) is 1. The number of amides is 2. The van der Waals surface area contributed by atoms with Crippen molar-refractivity contribution >= 4 is 17.5 Å². The number of benzene rings is 1. The zero-order valence-electron chi connectivity index (χ0n) is 14.9. The van der Waals surface area contributed by atoms with Crippen LogP contribution in [0.3, 0.4) is 0 Å². The van der Waals surface area contributed by atoms with Crippen molar-refractivity contribution < 1.29 is 9.59 Å². The van der Waals surface area contributed by atoms with Gasteiger partial charge in [-0.15, -0.1) is 0 Å². The van der Waals surface area contributed by atoms with Crippen molar-refractivity contribution in [3.8, 4) is 0 Å². The molecule has 5 heteroatoms. The highest BCUT2D eigenvalue weighted by atomic mass is 16.2. The summed E-state index contributed by atoms with van der Waals surface area (Å²) in [7, 11) is 0. The first-order valence-electron chi connectivity index (χ1n) is 8.88. The van der Waals surface area contributed by atoms with Crippen molar-refractivity contribution in [3.05, 3.63) is 29.8 Å². The van der Waals surface area contributed by atoms with E-state index in [0.29, 0.717) is 17.2 Å². The van der Waals surface area contributed by atoms with Crippen molar-refractivity contribution in [1.29, 1.82) is 0 Å². The second-order valence-electron chi connectivity index (χ2n) is 6.95. The number of piperidine rings is 1. The normalized spacial score (nSPS) is 18.1. The van der Waals surface area contributed by atoms with Crippen LogP contribution in [0.4, 0.5) is 5.69 Å². The van der Waals surface area contributed by atoms with E-state index in [-0.39, 0.29) is 17.7 Å². The van der Waals surface area contributed by atoms with Gasteiger partial charge in [-0.2, -0.15) is 0 Å². The average Bonchev–Trinajstić information content (AvgIpc) is 2.61. The third kappa shape index (κ3) is 4.57. The Balaban J connectivity index is 1.95. The highest BCUT2D eigenvalue weighted by Gasteiger charge is 2.22. The Labute approximate surface area is 144 Å². The second-order valence-corrected chi connectivity index (χ2v) is 6.95. The molecule has 24 heavy (non-hydrogen) atoms. The van der Waals surface area contributed by atoms with E-state index in [2.05, 4.69) is 12.2 Å². The van der Waals surface area contributed by atoms with E-state index in [1.165, 1.54) is 0 Å². The maximum atomic E-state index is 12.5. The molecule has 3 N–H and O–H groups in total. The summed E-state index contributed by atoms with van der Waals surface area (Å²) in [6.07, 6.45) is 2.98. The molecule has 1 aliphatic heterocycles. The number of carbonyl (C=O) groups is 2. The van der Waals surface area contributed by atoms with Crippen LogP contribution in [0.5, 0.6) is 0 Å². The molecular formula is C19H29N3O2. The lowest BCUT2D eigenvalue weighted by Crippen LogP contribution is -2.40. The maximum Gasteiger partial charge on any atom is 0.253 e. The molecule has 0 bridgehead atoms. The van der Waals surface area contributed by atoms with E-state index in [1.54, 1.807) is 24.3 Å². The van der Waals surface area contributed by atoms with Gasteiger partial charge in [-0.05, 0) is 48.9 Å². The molecule has 132 valence electrons. The predicted molar refractivity (Wildman–Crippen MR) is 96.8 cm³/mol. The minimum atomic E-state index is -0.522. The third-order valence-electron chi connectivity index (χ3n) is 5.03. The molecule has 2 amide bonds. The summed E-state index contributed by atoms with van der Waals surface area (Å²) in [5, 5.41) is 2.82. The van der Waals surface area contributed by atoms with Crippen LogP contribution in [0.1, 0.15) is 50.4 Å². The average molecular weight is 331 g/mol. The molecule has 0 saturated carbocycles. The first-order chi connectivity index (χ1) is 11.4. The topological polar surface area (TPSA) is 75.4 Å². The number of nitrogens with one attached hydrogen (secondary N) is 1. The van der Waals surface area contributed by atoms with E-state index in [4.69, 9.17) is 5.73 Å². The van der Waals surface area contributed by atoms with Gasteiger partial charge >= 0.3 is 0 Å². The van der Waals surface area contributed by atoms with E-state index in [9.17, 15) is 9.59 Å². The Morgan fingerprint density at radius 2 is 1.83 bits per heavy atom. The molecule has 1 aliphatic rings. The molecule has 0 aromatic heterocycles. The number of carbonyl (C=O) groups excluding carboxylic acids is 2. The predicted octanol–water partition coefficient (Wildman–Crippen LogP) is 2.87. The minimum Gasteiger partial charge on any atom is -0.339 e. The van der Waals surface area contributed by atoms with E-state index < -0.39 is 6.04 Å². The quantitative estimate of drug-likeness (QED) is 0.871. The lowest BCUT2D eigenvalue weighted by molar-refractivity contribution is -0.118. The fourth-order valence-corrected chi connectivity index (χ4v) is 2.83. The fraction of sp³-hybridized carbons (Fsp3) is 0.579. The zero-order chi connectivity index (χ0) is 17.7. The molecule has 2 rings (SSSR count). The Morgan fingerprint density at radius 1 is 1.25 bits per heavy atom. The molecule has 1 aromatic rings. The lowest BCUT2D eigenvalue weighted by Gasteiger charge is -2.30. The van der Waals surface area contributed by atoms with Crippen LogP contribution in [-0.2, 0) is 4.79 Å². The summed E-state index contributed by atoms with van der Waals surface area (Å²) in [6, 6.07) is 6.55. The molecule has 2 unspecified atom stereocenters. The molecular weight excluding hydrogens is 302 g/mol. The van der Waals surface area contributed by atoms with Gasteiger partial charge in [0.15, 0.2) is 0 Å². The number of hydrogen-bond donors (Lipinski definition) is 2. The number of likely N-dealkylation sites (tertiary alicyclic amines) is 1. The monoisotopic (exact) mass is 331 g/mol. The van der Waals surface area contributed by atoms with Gasteiger partial charge in [-0.3, -0.25) is 9.59 Å². The summed E-state index contributed by atoms with van der Waals surface area (Å²) >= 11 is 0. The minimum absolute atomic E-state index is 0.0658. The van der Waals surface area contributed by atoms with Crippen molar-refractivity contribution in [2.45, 2.75) is 46.1 Å². The summed E-state index contributed by atoms with van der Waals surface area (Å²) < 4.78 is 0. The van der Waals surface area contributed by atoms with Crippen molar-refractivity contribution in [2.75, 3.05) is 18.4 Å². The Hall–Kier alpha value is -1.88. The van der Waals surface area contributed by atoms with Crippen LogP contribution in [0.25, 0.3) is 0 Å². The molecule has 0 radical (unpaired) electrons. The Kier molecular flexibility index (Phi) is 6.37. The van der Waals surface area contributed by atoms with Crippen LogP contribution in [0.2, 0.25) is 0 Å². The van der Waals surface area contributed by atoms with Crippen LogP contribution >= 0.6 is 0 Å². The van der Waals surface area contributed by atoms with Gasteiger partial charge in [0.05, 0.1) is 6.04 Å². The summed E-state index contributed by atoms with van der Waals surface area (Å²) in [5.41, 5.74) is 7.26. The van der Waals surface area contributed by atoms with E-state index in [0.717, 1.165) is 32.4 Å². The molecule has 1 aromatic carbocycles. The van der Waals surface area contributed by atoms with Crippen LogP contribution in [0.15, 0.2) is 24.3 Å². The standard InChI is InChI=1S/C19H29N3O2/c1-4-14(3)17(20)18(23)21-16-7-5-15(6-8-16)19(24)22-11-9-13(2)10-12-22/h5-8,13-14,17H,4,9-12,20H2,1-3H3,(H,21,23). The third-order valence-corrected chi connectivity index (χ3v) is 5.03. The van der Waals surface area contributed by atoms with Crippen molar-refractivity contribution in [3.63, 3.8) is 0 Å². The van der Waals surface area contributed by atoms with Gasteiger partial charge in [0.2, 0.25) is 5.91 Å². The molecule has 1 fully saturated rings. The van der Waals surface area contributed by atoms with Gasteiger partial charge in [-0.25, -0.2) is 0 Å². The molecule has 2 atom stereocenters. The lowest BCUT2D eigenvalue weighted by atomic mass is 9.98. The number of nitrogens with zero attached hydrogens (tertiary/aromatic N) is 1.